The Morgan fingerprint density at radius 1 is 1.50 bits per heavy atom. The van der Waals surface area contributed by atoms with Gasteiger partial charge < -0.3 is 15.3 Å². The van der Waals surface area contributed by atoms with E-state index in [1.165, 1.54) is 12.1 Å². The SMILES string of the molecule is CC1CN(c2ccc(F)cc2)C(CC(=O)O)CN1. The van der Waals surface area contributed by atoms with Gasteiger partial charge in [0.25, 0.3) is 0 Å². The lowest BCUT2D eigenvalue weighted by Crippen LogP contribution is -2.56. The van der Waals surface area contributed by atoms with Gasteiger partial charge in [0.2, 0.25) is 0 Å². The number of aliphatic carboxylic acids is 1. The molecule has 18 heavy (non-hydrogen) atoms. The Morgan fingerprint density at radius 2 is 2.17 bits per heavy atom. The van der Waals surface area contributed by atoms with E-state index in [9.17, 15) is 9.18 Å². The topological polar surface area (TPSA) is 52.6 Å². The number of carbonyl (C=O) groups is 1. The van der Waals surface area contributed by atoms with Crippen molar-refractivity contribution in [2.75, 3.05) is 18.0 Å². The second-order valence-electron chi connectivity index (χ2n) is 4.69. The summed E-state index contributed by atoms with van der Waals surface area (Å²) in [7, 11) is 0. The van der Waals surface area contributed by atoms with Crippen molar-refractivity contribution in [3.8, 4) is 0 Å². The molecule has 1 aliphatic rings. The highest BCUT2D eigenvalue weighted by Gasteiger charge is 2.27. The van der Waals surface area contributed by atoms with Gasteiger partial charge in [0.1, 0.15) is 5.82 Å². The summed E-state index contributed by atoms with van der Waals surface area (Å²) in [4.78, 5) is 12.9. The lowest BCUT2D eigenvalue weighted by Gasteiger charge is -2.40. The zero-order chi connectivity index (χ0) is 13.1. The first-order chi connectivity index (χ1) is 8.56. The average molecular weight is 252 g/mol. The van der Waals surface area contributed by atoms with Crippen LogP contribution < -0.4 is 10.2 Å². The number of anilines is 1. The molecule has 2 rings (SSSR count). The van der Waals surface area contributed by atoms with E-state index in [1.54, 1.807) is 12.1 Å². The zero-order valence-electron chi connectivity index (χ0n) is 10.3. The van der Waals surface area contributed by atoms with E-state index in [1.807, 2.05) is 11.8 Å². The van der Waals surface area contributed by atoms with Crippen LogP contribution in [0.15, 0.2) is 24.3 Å². The fourth-order valence-electron chi connectivity index (χ4n) is 2.29. The van der Waals surface area contributed by atoms with Gasteiger partial charge in [-0.25, -0.2) is 4.39 Å². The maximum atomic E-state index is 12.9. The maximum absolute atomic E-state index is 12.9. The Morgan fingerprint density at radius 3 is 2.78 bits per heavy atom. The molecule has 0 spiro atoms. The molecule has 0 radical (unpaired) electrons. The molecule has 0 bridgehead atoms. The largest absolute Gasteiger partial charge is 0.481 e. The minimum atomic E-state index is -0.816. The van der Waals surface area contributed by atoms with Crippen molar-refractivity contribution < 1.29 is 14.3 Å². The predicted octanol–water partition coefficient (Wildman–Crippen LogP) is 1.47. The van der Waals surface area contributed by atoms with Crippen molar-refractivity contribution >= 4 is 11.7 Å². The Hall–Kier alpha value is -1.62. The van der Waals surface area contributed by atoms with Gasteiger partial charge in [-0.1, -0.05) is 0 Å². The highest BCUT2D eigenvalue weighted by atomic mass is 19.1. The molecule has 5 heteroatoms. The molecule has 1 fully saturated rings. The summed E-state index contributed by atoms with van der Waals surface area (Å²) in [6.07, 6.45) is 0.0805. The molecule has 0 aliphatic carbocycles. The molecule has 2 atom stereocenters. The number of piperazine rings is 1. The molecule has 98 valence electrons. The van der Waals surface area contributed by atoms with E-state index in [-0.39, 0.29) is 18.3 Å². The molecule has 0 saturated carbocycles. The van der Waals surface area contributed by atoms with Gasteiger partial charge in [-0.2, -0.15) is 0 Å². The van der Waals surface area contributed by atoms with Crippen molar-refractivity contribution in [1.82, 2.24) is 5.32 Å². The van der Waals surface area contributed by atoms with Crippen LogP contribution in [0.25, 0.3) is 0 Å². The molecule has 0 amide bonds. The Kier molecular flexibility index (Phi) is 3.81. The van der Waals surface area contributed by atoms with E-state index in [4.69, 9.17) is 5.11 Å². The molecule has 0 aromatic heterocycles. The number of halogens is 1. The molecule has 1 saturated heterocycles. The lowest BCUT2D eigenvalue weighted by atomic mass is 10.1. The number of nitrogens with zero attached hydrogens (tertiary/aromatic N) is 1. The van der Waals surface area contributed by atoms with Crippen LogP contribution in [0, 0.1) is 5.82 Å². The van der Waals surface area contributed by atoms with Gasteiger partial charge in [0.15, 0.2) is 0 Å². The third kappa shape index (κ3) is 2.98. The quantitative estimate of drug-likeness (QED) is 0.855. The van der Waals surface area contributed by atoms with Crippen molar-refractivity contribution in [2.45, 2.75) is 25.4 Å². The number of carboxylic acid groups (broad SMARTS) is 1. The first-order valence-corrected chi connectivity index (χ1v) is 6.03. The van der Waals surface area contributed by atoms with Crippen LogP contribution in [0.3, 0.4) is 0 Å². The van der Waals surface area contributed by atoms with Gasteiger partial charge >= 0.3 is 5.97 Å². The van der Waals surface area contributed by atoms with Crippen LogP contribution >= 0.6 is 0 Å². The van der Waals surface area contributed by atoms with Gasteiger partial charge in [0.05, 0.1) is 12.5 Å². The van der Waals surface area contributed by atoms with E-state index < -0.39 is 5.97 Å². The fourth-order valence-corrected chi connectivity index (χ4v) is 2.29. The van der Waals surface area contributed by atoms with Crippen LogP contribution in [-0.2, 0) is 4.79 Å². The molecule has 1 heterocycles. The van der Waals surface area contributed by atoms with Crippen molar-refractivity contribution in [1.29, 1.82) is 0 Å². The standard InChI is InChI=1S/C13H17FN2O2/c1-9-8-16(11-4-2-10(14)3-5-11)12(7-15-9)6-13(17)18/h2-5,9,12,15H,6-8H2,1H3,(H,17,18). The zero-order valence-corrected chi connectivity index (χ0v) is 10.3. The monoisotopic (exact) mass is 252 g/mol. The van der Waals surface area contributed by atoms with Crippen LogP contribution in [0.2, 0.25) is 0 Å². The van der Waals surface area contributed by atoms with Gasteiger partial charge in [-0.05, 0) is 31.2 Å². The summed E-state index contributed by atoms with van der Waals surface area (Å²) in [6.45, 7) is 3.40. The molecule has 1 aliphatic heterocycles. The third-order valence-corrected chi connectivity index (χ3v) is 3.18. The second-order valence-corrected chi connectivity index (χ2v) is 4.69. The number of rotatable bonds is 3. The van der Waals surface area contributed by atoms with Crippen LogP contribution in [0.4, 0.5) is 10.1 Å². The van der Waals surface area contributed by atoms with Gasteiger partial charge in [-0.3, -0.25) is 4.79 Å². The molecule has 4 nitrogen and oxygen atoms in total. The Bertz CT molecular complexity index is 422. The second kappa shape index (κ2) is 5.35. The Balaban J connectivity index is 2.19. The molecule has 1 aromatic rings. The number of hydrogen-bond donors (Lipinski definition) is 2. The minimum Gasteiger partial charge on any atom is -0.481 e. The average Bonchev–Trinajstić information content (AvgIpc) is 2.32. The summed E-state index contributed by atoms with van der Waals surface area (Å²) in [6, 6.07) is 6.40. The maximum Gasteiger partial charge on any atom is 0.305 e. The number of benzene rings is 1. The summed E-state index contributed by atoms with van der Waals surface area (Å²) >= 11 is 0. The smallest absolute Gasteiger partial charge is 0.305 e. The highest BCUT2D eigenvalue weighted by molar-refractivity contribution is 5.68. The van der Waals surface area contributed by atoms with Crippen molar-refractivity contribution in [3.05, 3.63) is 30.1 Å². The molecule has 1 aromatic carbocycles. The molecular weight excluding hydrogens is 235 g/mol. The third-order valence-electron chi connectivity index (χ3n) is 3.18. The van der Waals surface area contributed by atoms with Crippen LogP contribution in [0.1, 0.15) is 13.3 Å². The van der Waals surface area contributed by atoms with Gasteiger partial charge in [0, 0.05) is 24.8 Å². The first-order valence-electron chi connectivity index (χ1n) is 6.03. The van der Waals surface area contributed by atoms with E-state index in [0.29, 0.717) is 12.6 Å². The highest BCUT2D eigenvalue weighted by Crippen LogP contribution is 2.21. The van der Waals surface area contributed by atoms with Crippen LogP contribution in [0.5, 0.6) is 0 Å². The van der Waals surface area contributed by atoms with E-state index >= 15 is 0 Å². The fraction of sp³-hybridized carbons (Fsp3) is 0.462. The van der Waals surface area contributed by atoms with Crippen molar-refractivity contribution in [3.63, 3.8) is 0 Å². The van der Waals surface area contributed by atoms with Crippen molar-refractivity contribution in [2.24, 2.45) is 0 Å². The minimum absolute atomic E-state index is 0.0805. The molecule has 2 N–H and O–H groups in total. The number of hydrogen-bond acceptors (Lipinski definition) is 3. The summed E-state index contributed by atoms with van der Waals surface area (Å²) in [5.74, 6) is -1.10. The summed E-state index contributed by atoms with van der Waals surface area (Å²) in [5, 5.41) is 12.2. The lowest BCUT2D eigenvalue weighted by molar-refractivity contribution is -0.137. The van der Waals surface area contributed by atoms with E-state index in [0.717, 1.165) is 12.2 Å². The van der Waals surface area contributed by atoms with Crippen LogP contribution in [-0.4, -0.2) is 36.2 Å². The number of nitrogens with one attached hydrogen (secondary N) is 1. The van der Waals surface area contributed by atoms with E-state index in [2.05, 4.69) is 5.32 Å². The predicted molar refractivity (Wildman–Crippen MR) is 67.3 cm³/mol. The Labute approximate surface area is 105 Å². The molecular formula is C13H17FN2O2. The van der Waals surface area contributed by atoms with Gasteiger partial charge in [-0.15, -0.1) is 0 Å². The summed E-state index contributed by atoms with van der Waals surface area (Å²) < 4.78 is 12.9. The molecule has 2 unspecified atom stereocenters. The number of carboxylic acids is 1. The first kappa shape index (κ1) is 12.8. The normalized spacial score (nSPS) is 24.0. The summed E-state index contributed by atoms with van der Waals surface area (Å²) in [5.41, 5.74) is 0.871.